The molecule has 1 aromatic rings. The molecule has 6 heteroatoms. The van der Waals surface area contributed by atoms with Crippen LogP contribution in [-0.2, 0) is 9.59 Å². The maximum Gasteiger partial charge on any atom is 0.308 e. The Labute approximate surface area is 148 Å². The molecule has 2 N–H and O–H groups in total. The van der Waals surface area contributed by atoms with Gasteiger partial charge in [-0.2, -0.15) is 0 Å². The van der Waals surface area contributed by atoms with Crippen molar-refractivity contribution in [1.29, 1.82) is 0 Å². The van der Waals surface area contributed by atoms with Gasteiger partial charge < -0.3 is 15.4 Å². The summed E-state index contributed by atoms with van der Waals surface area (Å²) in [5.41, 5.74) is 0.434. The van der Waals surface area contributed by atoms with Gasteiger partial charge in [-0.3, -0.25) is 14.4 Å². The number of esters is 1. The normalized spacial score (nSPS) is 14.1. The molecule has 0 heterocycles. The number of carbonyl (C=O) groups excluding carboxylic acids is 3. The minimum atomic E-state index is -0.425. The third-order valence-electron chi connectivity index (χ3n) is 4.27. The van der Waals surface area contributed by atoms with Gasteiger partial charge in [0, 0.05) is 32.0 Å². The monoisotopic (exact) mass is 346 g/mol. The molecule has 1 fully saturated rings. The Morgan fingerprint density at radius 3 is 2.56 bits per heavy atom. The average molecular weight is 346 g/mol. The second-order valence-electron chi connectivity index (χ2n) is 6.44. The zero-order valence-corrected chi connectivity index (χ0v) is 14.7. The summed E-state index contributed by atoms with van der Waals surface area (Å²) >= 11 is 0. The van der Waals surface area contributed by atoms with Gasteiger partial charge in [-0.05, 0) is 43.4 Å². The number of rotatable bonds is 8. The zero-order valence-electron chi connectivity index (χ0n) is 14.7. The Morgan fingerprint density at radius 1 is 1.12 bits per heavy atom. The van der Waals surface area contributed by atoms with Crippen LogP contribution in [0.25, 0.3) is 0 Å². The van der Waals surface area contributed by atoms with E-state index in [1.807, 2.05) is 0 Å². The van der Waals surface area contributed by atoms with E-state index in [9.17, 15) is 14.4 Å². The van der Waals surface area contributed by atoms with Gasteiger partial charge in [0.05, 0.1) is 0 Å². The molecule has 0 aliphatic heterocycles. The van der Waals surface area contributed by atoms with E-state index in [1.54, 1.807) is 18.2 Å². The Kier molecular flexibility index (Phi) is 7.44. The van der Waals surface area contributed by atoms with Crippen LogP contribution in [0.4, 0.5) is 0 Å². The minimum absolute atomic E-state index is 0.104. The molecule has 2 rings (SSSR count). The summed E-state index contributed by atoms with van der Waals surface area (Å²) < 4.78 is 4.96. The first kappa shape index (κ1) is 19.0. The lowest BCUT2D eigenvalue weighted by molar-refractivity contribution is -0.131. The van der Waals surface area contributed by atoms with Gasteiger partial charge in [-0.1, -0.05) is 18.9 Å². The quantitative estimate of drug-likeness (QED) is 0.430. The van der Waals surface area contributed by atoms with E-state index in [2.05, 4.69) is 10.6 Å². The summed E-state index contributed by atoms with van der Waals surface area (Å²) in [6.45, 7) is 2.34. The Balaban J connectivity index is 1.63. The molecule has 6 nitrogen and oxygen atoms in total. The number of benzene rings is 1. The molecule has 0 aromatic heterocycles. The standard InChI is InChI=1S/C19H26N2O4/c1-14(22)25-17-9-4-8-16(13-17)19(24)21-11-5-10-20-18(23)12-15-6-2-3-7-15/h4,8-9,13,15H,2-3,5-7,10-12H2,1H3,(H,20,23)(H,21,24). The van der Waals surface area contributed by atoms with Gasteiger partial charge in [0.2, 0.25) is 5.91 Å². The summed E-state index contributed by atoms with van der Waals surface area (Å²) in [6.07, 6.45) is 6.10. The van der Waals surface area contributed by atoms with E-state index < -0.39 is 5.97 Å². The van der Waals surface area contributed by atoms with E-state index in [1.165, 1.54) is 25.8 Å². The number of amides is 2. The summed E-state index contributed by atoms with van der Waals surface area (Å²) in [7, 11) is 0. The molecule has 0 atom stereocenters. The molecule has 0 radical (unpaired) electrons. The first-order chi connectivity index (χ1) is 12.0. The van der Waals surface area contributed by atoms with Crippen molar-refractivity contribution in [1.82, 2.24) is 10.6 Å². The van der Waals surface area contributed by atoms with Crippen LogP contribution in [0.1, 0.15) is 55.8 Å². The van der Waals surface area contributed by atoms with Gasteiger partial charge >= 0.3 is 5.97 Å². The topological polar surface area (TPSA) is 84.5 Å². The minimum Gasteiger partial charge on any atom is -0.427 e. The SMILES string of the molecule is CC(=O)Oc1cccc(C(=O)NCCCNC(=O)CC2CCCC2)c1. The van der Waals surface area contributed by atoms with Crippen LogP contribution in [0.3, 0.4) is 0 Å². The maximum atomic E-state index is 12.1. The Bertz CT molecular complexity index is 609. The molecule has 0 spiro atoms. The third kappa shape index (κ3) is 6.95. The predicted octanol–water partition coefficient (Wildman–Crippen LogP) is 2.43. The first-order valence-electron chi connectivity index (χ1n) is 8.88. The van der Waals surface area contributed by atoms with Gasteiger partial charge in [0.15, 0.2) is 0 Å². The van der Waals surface area contributed by atoms with Gasteiger partial charge in [0.25, 0.3) is 5.91 Å². The molecular formula is C19H26N2O4. The fraction of sp³-hybridized carbons (Fsp3) is 0.526. The van der Waals surface area contributed by atoms with Gasteiger partial charge in [0.1, 0.15) is 5.75 Å². The maximum absolute atomic E-state index is 12.1. The van der Waals surface area contributed by atoms with E-state index in [0.717, 1.165) is 12.8 Å². The van der Waals surface area contributed by atoms with E-state index >= 15 is 0 Å². The summed E-state index contributed by atoms with van der Waals surface area (Å²) in [5, 5.41) is 5.70. The molecule has 0 bridgehead atoms. The lowest BCUT2D eigenvalue weighted by Crippen LogP contribution is -2.30. The van der Waals surface area contributed by atoms with Crippen LogP contribution in [-0.4, -0.2) is 30.9 Å². The van der Waals surface area contributed by atoms with E-state index in [-0.39, 0.29) is 11.8 Å². The molecule has 136 valence electrons. The molecular weight excluding hydrogens is 320 g/mol. The van der Waals surface area contributed by atoms with Crippen LogP contribution in [0.5, 0.6) is 5.75 Å². The van der Waals surface area contributed by atoms with Gasteiger partial charge in [-0.25, -0.2) is 0 Å². The Hall–Kier alpha value is -2.37. The van der Waals surface area contributed by atoms with Crippen molar-refractivity contribution >= 4 is 17.8 Å². The molecule has 1 aliphatic rings. The summed E-state index contributed by atoms with van der Waals surface area (Å²) in [5.74, 6) is 0.341. The number of nitrogens with one attached hydrogen (secondary N) is 2. The summed E-state index contributed by atoms with van der Waals surface area (Å²) in [6, 6.07) is 6.47. The lowest BCUT2D eigenvalue weighted by atomic mass is 10.0. The fourth-order valence-electron chi connectivity index (χ4n) is 3.04. The van der Waals surface area contributed by atoms with Crippen LogP contribution in [0.2, 0.25) is 0 Å². The van der Waals surface area contributed by atoms with Crippen LogP contribution in [0, 0.1) is 5.92 Å². The molecule has 1 aromatic carbocycles. The first-order valence-corrected chi connectivity index (χ1v) is 8.88. The number of ether oxygens (including phenoxy) is 1. The van der Waals surface area contributed by atoms with Crippen LogP contribution < -0.4 is 15.4 Å². The highest BCUT2D eigenvalue weighted by atomic mass is 16.5. The summed E-state index contributed by atoms with van der Waals surface area (Å²) in [4.78, 5) is 34.8. The zero-order chi connectivity index (χ0) is 18.1. The largest absolute Gasteiger partial charge is 0.427 e. The smallest absolute Gasteiger partial charge is 0.308 e. The van der Waals surface area contributed by atoms with E-state index in [0.29, 0.717) is 43.2 Å². The van der Waals surface area contributed by atoms with Crippen LogP contribution >= 0.6 is 0 Å². The van der Waals surface area contributed by atoms with Crippen molar-refractivity contribution in [3.63, 3.8) is 0 Å². The predicted molar refractivity (Wildman–Crippen MR) is 94.3 cm³/mol. The van der Waals surface area contributed by atoms with Crippen molar-refractivity contribution in [2.45, 2.75) is 45.4 Å². The molecule has 1 saturated carbocycles. The molecule has 0 unspecified atom stereocenters. The van der Waals surface area contributed by atoms with Crippen molar-refractivity contribution in [3.8, 4) is 5.75 Å². The third-order valence-corrected chi connectivity index (χ3v) is 4.27. The van der Waals surface area contributed by atoms with E-state index in [4.69, 9.17) is 4.74 Å². The average Bonchev–Trinajstić information content (AvgIpc) is 3.07. The second kappa shape index (κ2) is 9.81. The molecule has 0 saturated heterocycles. The second-order valence-corrected chi connectivity index (χ2v) is 6.44. The number of hydrogen-bond acceptors (Lipinski definition) is 4. The highest BCUT2D eigenvalue weighted by Gasteiger charge is 2.17. The highest BCUT2D eigenvalue weighted by molar-refractivity contribution is 5.94. The molecule has 2 amide bonds. The highest BCUT2D eigenvalue weighted by Crippen LogP contribution is 2.27. The van der Waals surface area contributed by atoms with Crippen molar-refractivity contribution in [2.24, 2.45) is 5.92 Å². The fourth-order valence-corrected chi connectivity index (χ4v) is 3.04. The lowest BCUT2D eigenvalue weighted by Gasteiger charge is -2.10. The Morgan fingerprint density at radius 2 is 1.84 bits per heavy atom. The van der Waals surface area contributed by atoms with Crippen LogP contribution in [0.15, 0.2) is 24.3 Å². The van der Waals surface area contributed by atoms with Crippen molar-refractivity contribution < 1.29 is 19.1 Å². The number of carbonyl (C=O) groups is 3. The molecule has 25 heavy (non-hydrogen) atoms. The van der Waals surface area contributed by atoms with Crippen molar-refractivity contribution in [2.75, 3.05) is 13.1 Å². The number of hydrogen-bond donors (Lipinski definition) is 2. The molecule has 1 aliphatic carbocycles. The van der Waals surface area contributed by atoms with Crippen molar-refractivity contribution in [3.05, 3.63) is 29.8 Å². The van der Waals surface area contributed by atoms with Gasteiger partial charge in [-0.15, -0.1) is 0 Å².